The molecule has 3 rings (SSSR count). The molecule has 0 saturated heterocycles. The van der Waals surface area contributed by atoms with Crippen molar-refractivity contribution in [1.29, 1.82) is 0 Å². The Morgan fingerprint density at radius 3 is 3.00 bits per heavy atom. The Morgan fingerprint density at radius 1 is 1.32 bits per heavy atom. The Labute approximate surface area is 113 Å². The largest absolute Gasteiger partial charge is 0.463 e. The Kier molecular flexibility index (Phi) is 2.89. The highest BCUT2D eigenvalue weighted by Gasteiger charge is 2.26. The number of amides is 1. The summed E-state index contributed by atoms with van der Waals surface area (Å²) in [6.45, 7) is 0. The van der Waals surface area contributed by atoms with Crippen molar-refractivity contribution in [2.24, 2.45) is 10.2 Å². The second-order valence-corrected chi connectivity index (χ2v) is 4.29. The lowest BCUT2D eigenvalue weighted by atomic mass is 10.1. The van der Waals surface area contributed by atoms with Crippen molar-refractivity contribution in [1.82, 2.24) is 0 Å². The molecule has 0 saturated carbocycles. The molecule has 1 N–H and O–H groups in total. The van der Waals surface area contributed by atoms with E-state index in [1.807, 2.05) is 0 Å². The van der Waals surface area contributed by atoms with Crippen LogP contribution in [0.2, 0.25) is 5.02 Å². The van der Waals surface area contributed by atoms with Crippen LogP contribution in [0.3, 0.4) is 0 Å². The van der Waals surface area contributed by atoms with Gasteiger partial charge in [0.2, 0.25) is 0 Å². The molecule has 0 aliphatic carbocycles. The molecule has 0 unspecified atom stereocenters. The number of nitrogens with one attached hydrogen (secondary N) is 1. The number of hydrogen-bond donors (Lipinski definition) is 1. The van der Waals surface area contributed by atoms with Crippen molar-refractivity contribution in [2.75, 3.05) is 5.32 Å². The highest BCUT2D eigenvalue weighted by atomic mass is 35.5. The van der Waals surface area contributed by atoms with Crippen LogP contribution in [0.1, 0.15) is 11.3 Å². The summed E-state index contributed by atoms with van der Waals surface area (Å²) < 4.78 is 5.07. The van der Waals surface area contributed by atoms with Crippen LogP contribution in [0.15, 0.2) is 51.2 Å². The summed E-state index contributed by atoms with van der Waals surface area (Å²) in [5, 5.41) is 11.0. The lowest BCUT2D eigenvalue weighted by molar-refractivity contribution is -0.110. The van der Waals surface area contributed by atoms with E-state index in [9.17, 15) is 4.79 Å². The number of carbonyl (C=O) groups is 1. The molecule has 94 valence electrons. The molecular weight excluding hydrogens is 266 g/mol. The molecule has 0 radical (unpaired) electrons. The summed E-state index contributed by atoms with van der Waals surface area (Å²) in [5.74, 6) is 0.267. The third kappa shape index (κ3) is 2.28. The number of hydrogen-bond acceptors (Lipinski definition) is 4. The van der Waals surface area contributed by atoms with Gasteiger partial charge in [0, 0.05) is 10.6 Å². The van der Waals surface area contributed by atoms with Gasteiger partial charge in [-0.05, 0) is 30.3 Å². The van der Waals surface area contributed by atoms with E-state index in [2.05, 4.69) is 15.5 Å². The highest BCUT2D eigenvalue weighted by molar-refractivity contribution is 6.54. The zero-order valence-electron chi connectivity index (χ0n) is 9.63. The Balaban J connectivity index is 1.93. The van der Waals surface area contributed by atoms with E-state index in [1.54, 1.807) is 30.3 Å². The van der Waals surface area contributed by atoms with Crippen molar-refractivity contribution in [2.45, 2.75) is 0 Å². The molecule has 19 heavy (non-hydrogen) atoms. The minimum atomic E-state index is -0.297. The molecule has 5 nitrogen and oxygen atoms in total. The molecule has 2 aromatic rings. The lowest BCUT2D eigenvalue weighted by Gasteiger charge is -1.96. The van der Waals surface area contributed by atoms with Gasteiger partial charge in [-0.3, -0.25) is 4.79 Å². The first-order valence-corrected chi connectivity index (χ1v) is 5.87. The van der Waals surface area contributed by atoms with E-state index in [1.165, 1.54) is 12.5 Å². The van der Waals surface area contributed by atoms with Gasteiger partial charge in [0.25, 0.3) is 5.91 Å². The molecule has 1 aromatic carbocycles. The van der Waals surface area contributed by atoms with Crippen LogP contribution in [0.4, 0.5) is 5.69 Å². The second kappa shape index (κ2) is 4.70. The van der Waals surface area contributed by atoms with Crippen LogP contribution in [-0.2, 0) is 4.79 Å². The zero-order chi connectivity index (χ0) is 13.2. The van der Waals surface area contributed by atoms with Gasteiger partial charge in [0.15, 0.2) is 5.71 Å². The van der Waals surface area contributed by atoms with Crippen LogP contribution in [-0.4, -0.2) is 17.8 Å². The third-order valence-electron chi connectivity index (χ3n) is 2.59. The standard InChI is InChI=1S/C13H8ClN3O2/c14-8-3-4-11-10(6-8)12(13(18)16-11)17-15-7-9-2-1-5-19-9/h1-7H,(H,16,17,18)/b15-7-. The topological polar surface area (TPSA) is 67.0 Å². The quantitative estimate of drug-likeness (QED) is 0.675. The minimum Gasteiger partial charge on any atom is -0.463 e. The lowest BCUT2D eigenvalue weighted by Crippen LogP contribution is -2.13. The molecule has 0 fully saturated rings. The maximum absolute atomic E-state index is 11.8. The summed E-state index contributed by atoms with van der Waals surface area (Å²) >= 11 is 5.90. The van der Waals surface area contributed by atoms with Gasteiger partial charge in [-0.25, -0.2) is 0 Å². The molecule has 6 heteroatoms. The van der Waals surface area contributed by atoms with E-state index >= 15 is 0 Å². The molecule has 1 aromatic heterocycles. The molecule has 0 atom stereocenters. The molecule has 1 amide bonds. The summed E-state index contributed by atoms with van der Waals surface area (Å²) in [6, 6.07) is 8.59. The summed E-state index contributed by atoms with van der Waals surface area (Å²) in [4.78, 5) is 11.8. The number of anilines is 1. The van der Waals surface area contributed by atoms with Gasteiger partial charge in [0.1, 0.15) is 5.76 Å². The smallest absolute Gasteiger partial charge is 0.276 e. The van der Waals surface area contributed by atoms with Crippen molar-refractivity contribution >= 4 is 35.1 Å². The maximum Gasteiger partial charge on any atom is 0.276 e. The predicted octanol–water partition coefficient (Wildman–Crippen LogP) is 2.71. The van der Waals surface area contributed by atoms with Gasteiger partial charge >= 0.3 is 0 Å². The van der Waals surface area contributed by atoms with Crippen LogP contribution < -0.4 is 5.32 Å². The van der Waals surface area contributed by atoms with Gasteiger partial charge in [-0.15, -0.1) is 5.10 Å². The van der Waals surface area contributed by atoms with Crippen LogP contribution in [0.5, 0.6) is 0 Å². The first kappa shape index (κ1) is 11.7. The SMILES string of the molecule is O=C1Nc2ccc(Cl)cc2/C1=N\N=C/c1ccco1. The molecule has 1 aliphatic rings. The third-order valence-corrected chi connectivity index (χ3v) is 2.82. The average Bonchev–Trinajstić information content (AvgIpc) is 2.99. The number of nitrogens with zero attached hydrogens (tertiary/aromatic N) is 2. The van der Waals surface area contributed by atoms with Gasteiger partial charge in [-0.1, -0.05) is 11.6 Å². The minimum absolute atomic E-state index is 0.236. The zero-order valence-corrected chi connectivity index (χ0v) is 10.4. The Morgan fingerprint density at radius 2 is 2.21 bits per heavy atom. The first-order chi connectivity index (χ1) is 9.24. The van der Waals surface area contributed by atoms with Gasteiger partial charge in [-0.2, -0.15) is 5.10 Å². The summed E-state index contributed by atoms with van der Waals surface area (Å²) in [6.07, 6.45) is 2.97. The fourth-order valence-electron chi connectivity index (χ4n) is 1.73. The van der Waals surface area contributed by atoms with Crippen molar-refractivity contribution in [3.63, 3.8) is 0 Å². The normalized spacial score (nSPS) is 16.1. The second-order valence-electron chi connectivity index (χ2n) is 3.85. The monoisotopic (exact) mass is 273 g/mol. The van der Waals surface area contributed by atoms with Gasteiger partial charge in [0.05, 0.1) is 18.2 Å². The fourth-order valence-corrected chi connectivity index (χ4v) is 1.90. The molecule has 1 aliphatic heterocycles. The van der Waals surface area contributed by atoms with Crippen LogP contribution >= 0.6 is 11.6 Å². The predicted molar refractivity (Wildman–Crippen MR) is 72.9 cm³/mol. The van der Waals surface area contributed by atoms with E-state index < -0.39 is 0 Å². The number of halogens is 1. The number of benzene rings is 1. The van der Waals surface area contributed by atoms with Gasteiger partial charge < -0.3 is 9.73 Å². The van der Waals surface area contributed by atoms with Crippen molar-refractivity contribution < 1.29 is 9.21 Å². The van der Waals surface area contributed by atoms with E-state index in [0.29, 0.717) is 22.0 Å². The number of rotatable bonds is 2. The molecule has 0 spiro atoms. The summed E-state index contributed by atoms with van der Waals surface area (Å²) in [5.41, 5.74) is 1.57. The molecule has 0 bridgehead atoms. The molecular formula is C13H8ClN3O2. The Hall–Kier alpha value is -2.40. The summed E-state index contributed by atoms with van der Waals surface area (Å²) in [7, 11) is 0. The van der Waals surface area contributed by atoms with Crippen LogP contribution in [0, 0.1) is 0 Å². The maximum atomic E-state index is 11.8. The highest BCUT2D eigenvalue weighted by Crippen LogP contribution is 2.26. The fraction of sp³-hybridized carbons (Fsp3) is 0. The van der Waals surface area contributed by atoms with E-state index in [4.69, 9.17) is 16.0 Å². The first-order valence-electron chi connectivity index (χ1n) is 5.50. The van der Waals surface area contributed by atoms with E-state index in [0.717, 1.165) is 0 Å². The molecule has 2 heterocycles. The number of carbonyl (C=O) groups excluding carboxylic acids is 1. The van der Waals surface area contributed by atoms with E-state index in [-0.39, 0.29) is 11.6 Å². The number of fused-ring (bicyclic) bond motifs is 1. The number of furan rings is 1. The van der Waals surface area contributed by atoms with Crippen LogP contribution in [0.25, 0.3) is 0 Å². The average molecular weight is 274 g/mol. The van der Waals surface area contributed by atoms with Crippen molar-refractivity contribution in [3.05, 3.63) is 52.9 Å². The Bertz CT molecular complexity index is 690. The van der Waals surface area contributed by atoms with Crippen molar-refractivity contribution in [3.8, 4) is 0 Å².